The molecule has 0 spiro atoms. The maximum atomic E-state index is 10.4. The third-order valence-corrected chi connectivity index (χ3v) is 8.61. The first-order valence-electron chi connectivity index (χ1n) is 11.6. The van der Waals surface area contributed by atoms with Crippen LogP contribution in [0.2, 0.25) is 0 Å². The second-order valence-corrected chi connectivity index (χ2v) is 11.3. The number of benzene rings is 1. The monoisotopic (exact) mass is 416 g/mol. The van der Waals surface area contributed by atoms with Crippen molar-refractivity contribution < 1.29 is 9.84 Å². The molecule has 160 valence electrons. The van der Waals surface area contributed by atoms with Crippen molar-refractivity contribution in [3.8, 4) is 5.75 Å². The Morgan fingerprint density at radius 3 is 2.41 bits per heavy atom. The molecule has 4 saturated carbocycles. The maximum Gasteiger partial charge on any atom is 0.123 e. The highest BCUT2D eigenvalue weighted by Crippen LogP contribution is 2.55. The molecule has 29 heavy (non-hydrogen) atoms. The Morgan fingerprint density at radius 2 is 1.72 bits per heavy atom. The Labute approximate surface area is 179 Å². The molecule has 1 atom stereocenters. The number of nitrogens with zero attached hydrogens (tertiary/aromatic N) is 1. The predicted octanol–water partition coefficient (Wildman–Crippen LogP) is 3.53. The number of aliphatic hydroxyl groups is 1. The second-order valence-electron chi connectivity index (χ2n) is 10.0. The fourth-order valence-electron chi connectivity index (χ4n) is 6.72. The van der Waals surface area contributed by atoms with E-state index in [0.29, 0.717) is 18.7 Å². The van der Waals surface area contributed by atoms with Crippen LogP contribution in [0.4, 0.5) is 0 Å². The zero-order valence-corrected chi connectivity index (χ0v) is 18.3. The minimum atomic E-state index is -0.428. The van der Waals surface area contributed by atoms with Crippen LogP contribution in [0.1, 0.15) is 44.1 Å². The Bertz CT molecular complexity index is 656. The van der Waals surface area contributed by atoms with Crippen molar-refractivity contribution >= 4 is 11.8 Å². The zero-order valence-electron chi connectivity index (χ0n) is 17.5. The average molecular weight is 417 g/mol. The quantitative estimate of drug-likeness (QED) is 0.679. The molecule has 6 rings (SSSR count). The van der Waals surface area contributed by atoms with Gasteiger partial charge in [0, 0.05) is 48.8 Å². The minimum Gasteiger partial charge on any atom is -0.491 e. The molecule has 2 N–H and O–H groups in total. The van der Waals surface area contributed by atoms with Gasteiger partial charge in [-0.3, -0.25) is 4.90 Å². The van der Waals surface area contributed by atoms with Gasteiger partial charge in [-0.25, -0.2) is 0 Å². The SMILES string of the molecule is OC(COc1ccccc1CNC12CC3CC(CC(C3)C1)C2)CN1CCSCC1. The number of ether oxygens (including phenoxy) is 1. The van der Waals surface area contributed by atoms with Gasteiger partial charge in [0.05, 0.1) is 0 Å². The summed E-state index contributed by atoms with van der Waals surface area (Å²) in [5.74, 6) is 6.16. The first kappa shape index (κ1) is 20.2. The highest BCUT2D eigenvalue weighted by Gasteiger charge is 2.50. The van der Waals surface area contributed by atoms with Gasteiger partial charge in [-0.1, -0.05) is 18.2 Å². The van der Waals surface area contributed by atoms with Crippen molar-refractivity contribution in [1.29, 1.82) is 0 Å². The van der Waals surface area contributed by atoms with E-state index in [9.17, 15) is 5.11 Å². The number of hydrogen-bond donors (Lipinski definition) is 2. The summed E-state index contributed by atoms with van der Waals surface area (Å²) in [6, 6.07) is 8.38. The molecule has 5 fully saturated rings. The molecule has 4 nitrogen and oxygen atoms in total. The molecule has 4 bridgehead atoms. The number of para-hydroxylation sites is 1. The summed E-state index contributed by atoms with van der Waals surface area (Å²) < 4.78 is 6.09. The van der Waals surface area contributed by atoms with Crippen molar-refractivity contribution in [3.05, 3.63) is 29.8 Å². The lowest BCUT2D eigenvalue weighted by Crippen LogP contribution is -2.58. The fourth-order valence-corrected chi connectivity index (χ4v) is 7.70. The zero-order chi connectivity index (χ0) is 19.7. The Kier molecular flexibility index (Phi) is 6.11. The van der Waals surface area contributed by atoms with Gasteiger partial charge in [0.15, 0.2) is 0 Å². The number of β-amino-alcohol motifs (C(OH)–C–C–N with tert-alkyl or cyclic N) is 1. The van der Waals surface area contributed by atoms with Gasteiger partial charge in [0.1, 0.15) is 18.5 Å². The van der Waals surface area contributed by atoms with Crippen molar-refractivity contribution in [3.63, 3.8) is 0 Å². The van der Waals surface area contributed by atoms with E-state index in [1.54, 1.807) is 0 Å². The summed E-state index contributed by atoms with van der Waals surface area (Å²) in [5, 5.41) is 14.4. The van der Waals surface area contributed by atoms with E-state index in [0.717, 1.165) is 43.1 Å². The Morgan fingerprint density at radius 1 is 1.07 bits per heavy atom. The molecule has 0 radical (unpaired) electrons. The van der Waals surface area contributed by atoms with Gasteiger partial charge in [-0.2, -0.15) is 11.8 Å². The van der Waals surface area contributed by atoms with E-state index in [2.05, 4.69) is 28.4 Å². The van der Waals surface area contributed by atoms with Gasteiger partial charge in [0.25, 0.3) is 0 Å². The molecule has 1 aromatic carbocycles. The number of hydrogen-bond acceptors (Lipinski definition) is 5. The summed E-state index contributed by atoms with van der Waals surface area (Å²) in [6.45, 7) is 4.12. The molecular weight excluding hydrogens is 380 g/mol. The lowest BCUT2D eigenvalue weighted by Gasteiger charge is -2.57. The molecule has 0 amide bonds. The van der Waals surface area contributed by atoms with Crippen LogP contribution in [-0.4, -0.2) is 59.4 Å². The third-order valence-electron chi connectivity index (χ3n) is 7.67. The van der Waals surface area contributed by atoms with Crippen LogP contribution in [0.5, 0.6) is 5.75 Å². The molecular formula is C24H36N2O2S. The van der Waals surface area contributed by atoms with E-state index in [-0.39, 0.29) is 0 Å². The van der Waals surface area contributed by atoms with Crippen LogP contribution in [-0.2, 0) is 6.54 Å². The highest BCUT2D eigenvalue weighted by atomic mass is 32.2. The van der Waals surface area contributed by atoms with E-state index in [1.807, 2.05) is 17.8 Å². The standard InChI is InChI=1S/C24H36N2O2S/c27-22(16-26-5-7-29-8-6-26)17-28-23-4-2-1-3-21(23)15-25-24-12-18-9-19(13-24)11-20(10-18)14-24/h1-4,18-20,22,25,27H,5-17H2. The van der Waals surface area contributed by atoms with Gasteiger partial charge in [-0.05, 0) is 62.3 Å². The maximum absolute atomic E-state index is 10.4. The first-order valence-corrected chi connectivity index (χ1v) is 12.8. The van der Waals surface area contributed by atoms with Crippen molar-refractivity contribution in [2.75, 3.05) is 37.7 Å². The summed E-state index contributed by atoms with van der Waals surface area (Å²) in [7, 11) is 0. The molecule has 1 aromatic rings. The summed E-state index contributed by atoms with van der Waals surface area (Å²) >= 11 is 2.00. The van der Waals surface area contributed by atoms with Crippen LogP contribution < -0.4 is 10.1 Å². The number of nitrogens with one attached hydrogen (secondary N) is 1. The summed E-state index contributed by atoms with van der Waals surface area (Å²) in [4.78, 5) is 2.35. The molecule has 1 aliphatic heterocycles. The number of thioether (sulfide) groups is 1. The summed E-state index contributed by atoms with van der Waals surface area (Å²) in [5.41, 5.74) is 1.60. The van der Waals surface area contributed by atoms with Crippen molar-refractivity contribution in [2.24, 2.45) is 17.8 Å². The first-order chi connectivity index (χ1) is 14.2. The van der Waals surface area contributed by atoms with Crippen LogP contribution in [0.3, 0.4) is 0 Å². The second kappa shape index (κ2) is 8.78. The Balaban J connectivity index is 1.16. The van der Waals surface area contributed by atoms with Gasteiger partial charge in [-0.15, -0.1) is 0 Å². The molecule has 4 aliphatic carbocycles. The van der Waals surface area contributed by atoms with Crippen LogP contribution >= 0.6 is 11.8 Å². The smallest absolute Gasteiger partial charge is 0.123 e. The molecule has 5 heteroatoms. The molecule has 1 saturated heterocycles. The largest absolute Gasteiger partial charge is 0.491 e. The van der Waals surface area contributed by atoms with Crippen LogP contribution in [0.15, 0.2) is 24.3 Å². The third kappa shape index (κ3) is 4.79. The minimum absolute atomic E-state index is 0.369. The van der Waals surface area contributed by atoms with E-state index < -0.39 is 6.10 Å². The molecule has 1 unspecified atom stereocenters. The number of aliphatic hydroxyl groups excluding tert-OH is 1. The van der Waals surface area contributed by atoms with Crippen LogP contribution in [0.25, 0.3) is 0 Å². The number of rotatable bonds is 8. The van der Waals surface area contributed by atoms with Crippen LogP contribution in [0, 0.1) is 17.8 Å². The van der Waals surface area contributed by atoms with Crippen molar-refractivity contribution in [1.82, 2.24) is 10.2 Å². The van der Waals surface area contributed by atoms with E-state index in [4.69, 9.17) is 4.74 Å². The van der Waals surface area contributed by atoms with Gasteiger partial charge >= 0.3 is 0 Å². The average Bonchev–Trinajstić information content (AvgIpc) is 2.71. The molecule has 0 aromatic heterocycles. The fraction of sp³-hybridized carbons (Fsp3) is 0.750. The topological polar surface area (TPSA) is 44.7 Å². The summed E-state index contributed by atoms with van der Waals surface area (Å²) in [6.07, 6.45) is 8.12. The van der Waals surface area contributed by atoms with E-state index in [1.165, 1.54) is 55.6 Å². The van der Waals surface area contributed by atoms with Gasteiger partial charge in [0.2, 0.25) is 0 Å². The van der Waals surface area contributed by atoms with Crippen molar-refractivity contribution in [2.45, 2.75) is 56.7 Å². The lowest BCUT2D eigenvalue weighted by atomic mass is 9.53. The highest BCUT2D eigenvalue weighted by molar-refractivity contribution is 7.99. The van der Waals surface area contributed by atoms with Gasteiger partial charge < -0.3 is 15.2 Å². The lowest BCUT2D eigenvalue weighted by molar-refractivity contribution is -0.0207. The van der Waals surface area contributed by atoms with E-state index >= 15 is 0 Å². The Hall–Kier alpha value is -0.750. The molecule has 1 heterocycles. The normalized spacial score (nSPS) is 35.0. The molecule has 5 aliphatic rings. The predicted molar refractivity (Wildman–Crippen MR) is 119 cm³/mol.